The van der Waals surface area contributed by atoms with Gasteiger partial charge in [0.1, 0.15) is 13.7 Å². The monoisotopic (exact) mass is 699 g/mol. The van der Waals surface area contributed by atoms with Crippen LogP contribution in [0.15, 0.2) is 168 Å². The van der Waals surface area contributed by atoms with Gasteiger partial charge in [0.25, 0.3) is 0 Å². The van der Waals surface area contributed by atoms with E-state index in [1.807, 2.05) is 17.4 Å². The van der Waals surface area contributed by atoms with E-state index in [4.69, 9.17) is 4.42 Å². The van der Waals surface area contributed by atoms with Gasteiger partial charge in [-0.25, -0.2) is 0 Å². The Bertz CT molecular complexity index is 3060. The minimum absolute atomic E-state index is 0.897. The first-order valence-corrected chi connectivity index (χ1v) is 21.7. The molecule has 0 spiro atoms. The largest absolute Gasteiger partial charge is 0.454 e. The molecule has 0 amide bonds. The number of rotatable bonds is 4. The number of thiophene rings is 1. The fourth-order valence-corrected chi connectivity index (χ4v) is 12.9. The quantitative estimate of drug-likeness (QED) is 0.170. The highest BCUT2D eigenvalue weighted by atomic mass is 32.1. The zero-order valence-corrected chi connectivity index (χ0v) is 30.7. The Balaban J connectivity index is 1.11. The summed E-state index contributed by atoms with van der Waals surface area (Å²) in [5, 5.41) is 10.6. The van der Waals surface area contributed by atoms with E-state index in [1.165, 1.54) is 63.6 Å². The maximum atomic E-state index is 6.67. The molecule has 52 heavy (non-hydrogen) atoms. The number of hydrogen-bond acceptors (Lipinski definition) is 3. The lowest BCUT2D eigenvalue weighted by atomic mass is 9.99. The van der Waals surface area contributed by atoms with Crippen LogP contribution in [0.25, 0.3) is 75.1 Å². The molecule has 0 saturated carbocycles. The number of benzene rings is 8. The predicted molar refractivity (Wildman–Crippen MR) is 226 cm³/mol. The van der Waals surface area contributed by atoms with E-state index in [9.17, 15) is 0 Å². The van der Waals surface area contributed by atoms with Crippen LogP contribution in [0.4, 0.5) is 17.1 Å². The zero-order chi connectivity index (χ0) is 34.6. The highest BCUT2D eigenvalue weighted by Gasteiger charge is 2.39. The van der Waals surface area contributed by atoms with Crippen LogP contribution in [0.2, 0.25) is 13.1 Å². The Kier molecular flexibility index (Phi) is 6.31. The van der Waals surface area contributed by atoms with Crippen LogP contribution in [0.3, 0.4) is 0 Å². The van der Waals surface area contributed by atoms with Crippen molar-refractivity contribution in [3.8, 4) is 22.3 Å². The van der Waals surface area contributed by atoms with Crippen molar-refractivity contribution in [3.05, 3.63) is 164 Å². The average Bonchev–Trinajstić information content (AvgIpc) is 3.83. The fraction of sp³-hybridized carbons (Fsp3) is 0.0417. The number of fused-ring (bicyclic) bond motifs is 11. The van der Waals surface area contributed by atoms with Crippen LogP contribution in [0, 0.1) is 0 Å². The molecule has 0 aliphatic carbocycles. The Morgan fingerprint density at radius 1 is 0.519 bits per heavy atom. The highest BCUT2D eigenvalue weighted by Crippen LogP contribution is 2.46. The van der Waals surface area contributed by atoms with E-state index in [2.05, 4.69) is 176 Å². The molecule has 2 aromatic heterocycles. The molecule has 2 nitrogen and oxygen atoms in total. The maximum Gasteiger partial charge on any atom is 0.159 e. The molecule has 3 heterocycles. The molecule has 8 aromatic carbocycles. The number of para-hydroxylation sites is 2. The summed E-state index contributed by atoms with van der Waals surface area (Å²) in [7, 11) is -2.04. The molecule has 246 valence electrons. The lowest BCUT2D eigenvalue weighted by Gasteiger charge is -2.27. The number of furan rings is 1. The summed E-state index contributed by atoms with van der Waals surface area (Å²) in [6, 6.07) is 60.1. The Morgan fingerprint density at radius 3 is 2.13 bits per heavy atom. The van der Waals surface area contributed by atoms with Crippen molar-refractivity contribution in [2.45, 2.75) is 13.1 Å². The summed E-state index contributed by atoms with van der Waals surface area (Å²) >= 11 is 1.90. The molecule has 1 aliphatic heterocycles. The number of nitrogens with zero attached hydrogens (tertiary/aromatic N) is 1. The average molecular weight is 700 g/mol. The van der Waals surface area contributed by atoms with E-state index in [-0.39, 0.29) is 0 Å². The molecule has 0 radical (unpaired) electrons. The maximum absolute atomic E-state index is 6.67. The van der Waals surface area contributed by atoms with Gasteiger partial charge in [-0.05, 0) is 98.0 Å². The van der Waals surface area contributed by atoms with Gasteiger partial charge < -0.3 is 9.32 Å². The van der Waals surface area contributed by atoms with Crippen LogP contribution in [0.1, 0.15) is 0 Å². The minimum Gasteiger partial charge on any atom is -0.454 e. The normalized spacial score (nSPS) is 13.3. The topological polar surface area (TPSA) is 16.4 Å². The van der Waals surface area contributed by atoms with Crippen molar-refractivity contribution in [1.29, 1.82) is 0 Å². The second-order valence-corrected chi connectivity index (χ2v) is 19.9. The molecule has 0 bridgehead atoms. The molecule has 0 saturated heterocycles. The number of hydrogen-bond donors (Lipinski definition) is 0. The van der Waals surface area contributed by atoms with Crippen LogP contribution >= 0.6 is 11.3 Å². The molecule has 10 aromatic rings. The third kappa shape index (κ3) is 4.29. The lowest BCUT2D eigenvalue weighted by molar-refractivity contribution is 0.669. The van der Waals surface area contributed by atoms with Gasteiger partial charge in [-0.15, -0.1) is 11.3 Å². The number of anilines is 3. The molecule has 0 fully saturated rings. The first-order valence-electron chi connectivity index (χ1n) is 17.9. The van der Waals surface area contributed by atoms with Gasteiger partial charge >= 0.3 is 0 Å². The van der Waals surface area contributed by atoms with Crippen LogP contribution in [-0.2, 0) is 0 Å². The van der Waals surface area contributed by atoms with Gasteiger partial charge in [0.05, 0.1) is 5.69 Å². The first-order chi connectivity index (χ1) is 25.5. The van der Waals surface area contributed by atoms with Gasteiger partial charge in [0.2, 0.25) is 0 Å². The van der Waals surface area contributed by atoms with Gasteiger partial charge in [-0.2, -0.15) is 0 Å². The lowest BCUT2D eigenvalue weighted by Crippen LogP contribution is -2.49. The Labute approximate surface area is 306 Å². The molecular formula is C48H33NOSSi. The van der Waals surface area contributed by atoms with Crippen molar-refractivity contribution in [2.24, 2.45) is 0 Å². The fourth-order valence-electron chi connectivity index (χ4n) is 8.68. The SMILES string of the molecule is C[Si]1(C)c2cc(N(c3ccc(-c4ccc5ccccc5c4)cc3)c3cccc4c3oc3ccccc34)ccc2-c2c1ccc1sc3ccccc3c21. The van der Waals surface area contributed by atoms with Crippen LogP contribution in [-0.4, -0.2) is 8.07 Å². The summed E-state index contributed by atoms with van der Waals surface area (Å²) in [6.07, 6.45) is 0. The highest BCUT2D eigenvalue weighted by molar-refractivity contribution is 7.26. The summed E-state index contributed by atoms with van der Waals surface area (Å²) in [5.41, 5.74) is 10.3. The summed E-state index contributed by atoms with van der Waals surface area (Å²) in [6.45, 7) is 5.04. The molecule has 11 rings (SSSR count). The van der Waals surface area contributed by atoms with Crippen molar-refractivity contribution in [3.63, 3.8) is 0 Å². The Hall–Kier alpha value is -5.94. The van der Waals surface area contributed by atoms with Crippen LogP contribution in [0.5, 0.6) is 0 Å². The smallest absolute Gasteiger partial charge is 0.159 e. The predicted octanol–water partition coefficient (Wildman–Crippen LogP) is 13.0. The van der Waals surface area contributed by atoms with Crippen molar-refractivity contribution in [1.82, 2.24) is 0 Å². The van der Waals surface area contributed by atoms with Gasteiger partial charge in [-0.1, -0.05) is 122 Å². The van der Waals surface area contributed by atoms with E-state index in [1.54, 1.807) is 0 Å². The molecular weight excluding hydrogens is 667 g/mol. The van der Waals surface area contributed by atoms with E-state index >= 15 is 0 Å². The molecule has 0 N–H and O–H groups in total. The van der Waals surface area contributed by atoms with Gasteiger partial charge in [-0.3, -0.25) is 0 Å². The van der Waals surface area contributed by atoms with Crippen molar-refractivity contribution in [2.75, 3.05) is 4.90 Å². The molecule has 0 unspecified atom stereocenters. The van der Waals surface area contributed by atoms with E-state index in [0.717, 1.165) is 39.0 Å². The summed E-state index contributed by atoms with van der Waals surface area (Å²) in [5.74, 6) is 0. The second kappa shape index (κ2) is 11.0. The summed E-state index contributed by atoms with van der Waals surface area (Å²) < 4.78 is 9.40. The third-order valence-corrected chi connectivity index (χ3v) is 15.9. The van der Waals surface area contributed by atoms with Crippen molar-refractivity contribution >= 4 is 99.7 Å². The molecule has 1 aliphatic rings. The van der Waals surface area contributed by atoms with Crippen LogP contribution < -0.4 is 15.3 Å². The van der Waals surface area contributed by atoms with Crippen molar-refractivity contribution < 1.29 is 4.42 Å². The zero-order valence-electron chi connectivity index (χ0n) is 28.9. The third-order valence-electron chi connectivity index (χ3n) is 11.3. The Morgan fingerprint density at radius 2 is 1.25 bits per heavy atom. The minimum atomic E-state index is -2.04. The van der Waals surface area contributed by atoms with E-state index in [0.29, 0.717) is 0 Å². The van der Waals surface area contributed by atoms with Gasteiger partial charge in [0, 0.05) is 42.3 Å². The molecule has 0 atom stereocenters. The van der Waals surface area contributed by atoms with E-state index < -0.39 is 8.07 Å². The first kappa shape index (κ1) is 29.8. The standard InChI is InChI=1S/C48H33NOSSi/c1-52(2)44-27-26-43-46(38-13-6-8-17-42(38)51-43)47(44)39-25-24-35(29-45(39)52)49(40-15-9-14-37-36-12-5-7-16-41(36)50-48(37)40)34-22-20-31(21-23-34)33-19-18-30-10-3-4-11-32(30)28-33/h3-29H,1-2H3. The molecule has 4 heteroatoms. The van der Waals surface area contributed by atoms with Gasteiger partial charge in [0.15, 0.2) is 5.58 Å². The second-order valence-electron chi connectivity index (χ2n) is 14.5. The summed E-state index contributed by atoms with van der Waals surface area (Å²) in [4.78, 5) is 2.40.